The average Bonchev–Trinajstić information content (AvgIpc) is 3.56. The first-order chi connectivity index (χ1) is 21.8. The highest BCUT2D eigenvalue weighted by atomic mass is 79.9. The van der Waals surface area contributed by atoms with E-state index >= 15 is 0 Å². The highest BCUT2D eigenvalue weighted by Crippen LogP contribution is 2.38. The van der Waals surface area contributed by atoms with Crippen molar-refractivity contribution in [3.63, 3.8) is 0 Å². The summed E-state index contributed by atoms with van der Waals surface area (Å²) in [6, 6.07) is 11.1. The van der Waals surface area contributed by atoms with Crippen LogP contribution in [0.25, 0.3) is 0 Å². The number of rotatable bonds is 10. The first-order valence-corrected chi connectivity index (χ1v) is 16.5. The molecule has 5 rings (SSSR count). The summed E-state index contributed by atoms with van der Waals surface area (Å²) in [5.41, 5.74) is -1.77. The Balaban J connectivity index is 1.52. The van der Waals surface area contributed by atoms with Crippen LogP contribution in [0.4, 0.5) is 32.3 Å². The van der Waals surface area contributed by atoms with Crippen LogP contribution < -0.4 is 4.90 Å². The number of hydrogen-bond donors (Lipinski definition) is 0. The topological polar surface area (TPSA) is 49.3 Å². The first kappa shape index (κ1) is 34.3. The third kappa shape index (κ3) is 8.48. The number of carbonyl (C=O) groups is 1. The van der Waals surface area contributed by atoms with Crippen LogP contribution in [0.3, 0.4) is 0 Å². The lowest BCUT2D eigenvalue weighted by molar-refractivity contribution is -0.143. The van der Waals surface area contributed by atoms with Gasteiger partial charge in [-0.1, -0.05) is 50.1 Å². The standard InChI is InChI=1S/C34H37BrF6N4O/c1-2-28-16-30(17-29(14-22-8-4-3-5-9-22)44(28)21-31(46)24-10-6-7-11-24)45(32-42-18-27(35)19-43-32)20-23-12-25(33(36,37)38)15-26(13-23)34(39,40)41/h3-5,8-9,12-13,15,18-19,24,28-30H,2,6-7,10-11,14,16-17,20-21H2,1H3. The highest BCUT2D eigenvalue weighted by molar-refractivity contribution is 9.10. The predicted molar refractivity (Wildman–Crippen MR) is 167 cm³/mol. The predicted octanol–water partition coefficient (Wildman–Crippen LogP) is 8.90. The Labute approximate surface area is 273 Å². The molecule has 1 saturated heterocycles. The van der Waals surface area contributed by atoms with E-state index in [0.29, 0.717) is 30.3 Å². The van der Waals surface area contributed by atoms with E-state index in [1.165, 1.54) is 12.4 Å². The molecular formula is C34H37BrF6N4O. The Kier molecular flexibility index (Phi) is 10.8. The molecule has 0 N–H and O–H groups in total. The maximum absolute atomic E-state index is 13.8. The minimum absolute atomic E-state index is 0.0389. The lowest BCUT2D eigenvalue weighted by atomic mass is 9.85. The van der Waals surface area contributed by atoms with Crippen molar-refractivity contribution in [2.75, 3.05) is 11.4 Å². The lowest BCUT2D eigenvalue weighted by Crippen LogP contribution is -2.57. The van der Waals surface area contributed by atoms with Crippen LogP contribution in [-0.2, 0) is 30.1 Å². The number of benzene rings is 2. The van der Waals surface area contributed by atoms with Crippen LogP contribution in [0.15, 0.2) is 65.4 Å². The summed E-state index contributed by atoms with van der Waals surface area (Å²) in [6.45, 7) is 2.11. The molecule has 1 aliphatic carbocycles. The molecule has 2 heterocycles. The Bertz CT molecular complexity index is 1430. The summed E-state index contributed by atoms with van der Waals surface area (Å²) in [5.74, 6) is 0.510. The average molecular weight is 712 g/mol. The molecule has 248 valence electrons. The number of alkyl halides is 6. The largest absolute Gasteiger partial charge is 0.416 e. The Morgan fingerprint density at radius 1 is 0.891 bits per heavy atom. The quantitative estimate of drug-likeness (QED) is 0.197. The Morgan fingerprint density at radius 3 is 2.04 bits per heavy atom. The smallest absolute Gasteiger partial charge is 0.333 e. The molecule has 3 aromatic rings. The Morgan fingerprint density at radius 2 is 1.48 bits per heavy atom. The summed E-state index contributed by atoms with van der Waals surface area (Å²) in [4.78, 5) is 26.3. The van der Waals surface area contributed by atoms with Crippen molar-refractivity contribution in [3.05, 3.63) is 87.7 Å². The number of Topliss-reactive ketones (excluding diaryl/α,β-unsaturated/α-hetero) is 1. The van der Waals surface area contributed by atoms with Crippen molar-refractivity contribution in [2.24, 2.45) is 5.92 Å². The number of halogens is 7. The zero-order chi connectivity index (χ0) is 33.1. The number of piperidine rings is 1. The molecule has 12 heteroatoms. The van der Waals surface area contributed by atoms with Crippen LogP contribution in [0.5, 0.6) is 0 Å². The monoisotopic (exact) mass is 710 g/mol. The van der Waals surface area contributed by atoms with Crippen molar-refractivity contribution in [3.8, 4) is 0 Å². The third-order valence-electron chi connectivity index (χ3n) is 9.27. The van der Waals surface area contributed by atoms with E-state index in [9.17, 15) is 31.1 Å². The fourth-order valence-electron chi connectivity index (χ4n) is 6.97. The van der Waals surface area contributed by atoms with Gasteiger partial charge in [-0.05, 0) is 83.8 Å². The molecule has 1 saturated carbocycles. The van der Waals surface area contributed by atoms with Gasteiger partial charge in [-0.25, -0.2) is 9.97 Å². The molecule has 0 spiro atoms. The maximum atomic E-state index is 13.8. The minimum Gasteiger partial charge on any atom is -0.333 e. The van der Waals surface area contributed by atoms with Gasteiger partial charge in [0.2, 0.25) is 5.95 Å². The summed E-state index contributed by atoms with van der Waals surface area (Å²) in [5, 5.41) is 0. The SMILES string of the molecule is CCC1CC(N(Cc2cc(C(F)(F)F)cc(C(F)(F)F)c2)c2ncc(Br)cn2)CC(Cc2ccccc2)N1CC(=O)C1CCCC1. The molecule has 3 atom stereocenters. The number of likely N-dealkylation sites (tertiary alicyclic amines) is 1. The van der Waals surface area contributed by atoms with Gasteiger partial charge in [0.15, 0.2) is 0 Å². The van der Waals surface area contributed by atoms with Gasteiger partial charge in [0.1, 0.15) is 5.78 Å². The molecule has 1 aromatic heterocycles. The molecule has 3 unspecified atom stereocenters. The molecule has 0 amide bonds. The lowest BCUT2D eigenvalue weighted by Gasteiger charge is -2.48. The third-order valence-corrected chi connectivity index (χ3v) is 9.67. The molecule has 2 fully saturated rings. The molecular weight excluding hydrogens is 674 g/mol. The molecule has 1 aliphatic heterocycles. The first-order valence-electron chi connectivity index (χ1n) is 15.7. The van der Waals surface area contributed by atoms with Gasteiger partial charge >= 0.3 is 12.4 Å². The normalized spacial score (nSPS) is 21.4. The van der Waals surface area contributed by atoms with Gasteiger partial charge in [0.25, 0.3) is 0 Å². The summed E-state index contributed by atoms with van der Waals surface area (Å²) in [7, 11) is 0. The van der Waals surface area contributed by atoms with Gasteiger partial charge in [0, 0.05) is 43.0 Å². The van der Waals surface area contributed by atoms with Crippen molar-refractivity contribution in [1.29, 1.82) is 0 Å². The summed E-state index contributed by atoms with van der Waals surface area (Å²) >= 11 is 3.31. The van der Waals surface area contributed by atoms with Gasteiger partial charge in [-0.3, -0.25) is 9.69 Å². The number of carbonyl (C=O) groups excluding carboxylic acids is 1. The molecule has 0 bridgehead atoms. The number of ketones is 1. The highest BCUT2D eigenvalue weighted by Gasteiger charge is 2.41. The van der Waals surface area contributed by atoms with E-state index in [4.69, 9.17) is 0 Å². The van der Waals surface area contributed by atoms with Gasteiger partial charge in [-0.15, -0.1) is 0 Å². The molecule has 0 radical (unpaired) electrons. The fraction of sp³-hybridized carbons (Fsp3) is 0.500. The number of hydrogen-bond acceptors (Lipinski definition) is 5. The summed E-state index contributed by atoms with van der Waals surface area (Å²) in [6.07, 6.45) is -0.555. The van der Waals surface area contributed by atoms with Crippen molar-refractivity contribution in [2.45, 2.75) is 95.3 Å². The van der Waals surface area contributed by atoms with Crippen LogP contribution in [0.2, 0.25) is 0 Å². The maximum Gasteiger partial charge on any atom is 0.416 e. The van der Waals surface area contributed by atoms with Gasteiger partial charge in [-0.2, -0.15) is 26.3 Å². The zero-order valence-corrected chi connectivity index (χ0v) is 27.1. The fourth-order valence-corrected chi connectivity index (χ4v) is 7.18. The van der Waals surface area contributed by atoms with E-state index in [-0.39, 0.29) is 53.9 Å². The zero-order valence-electron chi connectivity index (χ0n) is 25.5. The van der Waals surface area contributed by atoms with Gasteiger partial charge < -0.3 is 4.90 Å². The van der Waals surface area contributed by atoms with Gasteiger partial charge in [0.05, 0.1) is 22.1 Å². The number of nitrogens with zero attached hydrogens (tertiary/aromatic N) is 4. The molecule has 2 aliphatic rings. The van der Waals surface area contributed by atoms with E-state index in [1.807, 2.05) is 37.3 Å². The van der Waals surface area contributed by atoms with Crippen LogP contribution in [-0.4, -0.2) is 45.3 Å². The minimum atomic E-state index is -4.96. The number of aromatic nitrogens is 2. The van der Waals surface area contributed by atoms with Crippen molar-refractivity contribution < 1.29 is 31.1 Å². The summed E-state index contributed by atoms with van der Waals surface area (Å²) < 4.78 is 83.2. The van der Waals surface area contributed by atoms with Crippen LogP contribution in [0.1, 0.15) is 74.1 Å². The second kappa shape index (κ2) is 14.4. The molecule has 2 aromatic carbocycles. The van der Waals surface area contributed by atoms with E-state index in [2.05, 4.69) is 30.8 Å². The van der Waals surface area contributed by atoms with E-state index < -0.39 is 23.5 Å². The number of anilines is 1. The molecule has 5 nitrogen and oxygen atoms in total. The Hall–Kier alpha value is -2.99. The van der Waals surface area contributed by atoms with E-state index in [1.54, 1.807) is 4.90 Å². The van der Waals surface area contributed by atoms with Crippen molar-refractivity contribution in [1.82, 2.24) is 14.9 Å². The van der Waals surface area contributed by atoms with E-state index in [0.717, 1.165) is 49.8 Å². The second-order valence-corrected chi connectivity index (χ2v) is 13.3. The van der Waals surface area contributed by atoms with Crippen LogP contribution >= 0.6 is 15.9 Å². The van der Waals surface area contributed by atoms with Crippen LogP contribution in [0, 0.1) is 5.92 Å². The molecule has 46 heavy (non-hydrogen) atoms. The second-order valence-electron chi connectivity index (χ2n) is 12.4. The van der Waals surface area contributed by atoms with Crippen molar-refractivity contribution >= 4 is 27.7 Å².